The predicted molar refractivity (Wildman–Crippen MR) is 121 cm³/mol. The molecule has 1 unspecified atom stereocenters. The Morgan fingerprint density at radius 2 is 1.35 bits per heavy atom. The standard InChI is InChI=1S/C22H33N3O9/c1-3-34-22(16-7-5-4-6-8-16)17(25(14-20(30)31)15-21(32)33)11-24(13-19(28)29)10-9-23(2)12-18(26)27/h4-8,17,22H,3,9-15H2,1-2H3,(H,26,27)(H,28,29)(H,30,31)(H,32,33)/t17-,22?/m0/s1. The van der Waals surface area contributed by atoms with Crippen LogP contribution in [0.4, 0.5) is 0 Å². The van der Waals surface area contributed by atoms with E-state index in [9.17, 15) is 34.5 Å². The van der Waals surface area contributed by atoms with Crippen molar-refractivity contribution in [3.05, 3.63) is 35.9 Å². The molecule has 0 fully saturated rings. The third-order valence-corrected chi connectivity index (χ3v) is 4.98. The molecular weight excluding hydrogens is 450 g/mol. The Morgan fingerprint density at radius 3 is 1.82 bits per heavy atom. The number of carboxylic acid groups (broad SMARTS) is 4. The van der Waals surface area contributed by atoms with Crippen molar-refractivity contribution in [2.24, 2.45) is 0 Å². The topological polar surface area (TPSA) is 168 Å². The molecule has 34 heavy (non-hydrogen) atoms. The number of ether oxygens (including phenoxy) is 1. The molecule has 0 heterocycles. The maximum absolute atomic E-state index is 11.5. The van der Waals surface area contributed by atoms with E-state index in [2.05, 4.69) is 0 Å². The fraction of sp³-hybridized carbons (Fsp3) is 0.545. The molecule has 0 amide bonds. The van der Waals surface area contributed by atoms with Crippen LogP contribution in [0.1, 0.15) is 18.6 Å². The van der Waals surface area contributed by atoms with Crippen molar-refractivity contribution in [2.45, 2.75) is 19.1 Å². The Balaban J connectivity index is 3.34. The normalized spacial score (nSPS) is 13.2. The molecule has 0 saturated carbocycles. The highest BCUT2D eigenvalue weighted by molar-refractivity contribution is 5.73. The number of benzene rings is 1. The number of nitrogens with zero attached hydrogens (tertiary/aromatic N) is 3. The molecule has 0 radical (unpaired) electrons. The van der Waals surface area contributed by atoms with Gasteiger partial charge in [0.15, 0.2) is 0 Å². The minimum atomic E-state index is -1.24. The Morgan fingerprint density at radius 1 is 0.824 bits per heavy atom. The molecule has 0 saturated heterocycles. The van der Waals surface area contributed by atoms with Gasteiger partial charge in [-0.3, -0.25) is 33.9 Å². The molecule has 190 valence electrons. The van der Waals surface area contributed by atoms with Crippen molar-refractivity contribution >= 4 is 23.9 Å². The van der Waals surface area contributed by atoms with Crippen molar-refractivity contribution in [1.29, 1.82) is 0 Å². The number of likely N-dealkylation sites (N-methyl/N-ethyl adjacent to an activating group) is 1. The molecule has 1 aromatic rings. The van der Waals surface area contributed by atoms with E-state index >= 15 is 0 Å². The predicted octanol–water partition coefficient (Wildman–Crippen LogP) is 0.00700. The summed E-state index contributed by atoms with van der Waals surface area (Å²) in [7, 11) is 1.58. The smallest absolute Gasteiger partial charge is 0.317 e. The molecule has 0 aliphatic carbocycles. The van der Waals surface area contributed by atoms with E-state index in [-0.39, 0.29) is 32.8 Å². The zero-order chi connectivity index (χ0) is 25.7. The van der Waals surface area contributed by atoms with Gasteiger partial charge in [-0.2, -0.15) is 0 Å². The summed E-state index contributed by atoms with van der Waals surface area (Å²) in [6, 6.07) is 8.06. The van der Waals surface area contributed by atoms with Gasteiger partial charge >= 0.3 is 23.9 Å². The summed E-state index contributed by atoms with van der Waals surface area (Å²) in [4.78, 5) is 49.8. The van der Waals surface area contributed by atoms with E-state index in [0.717, 1.165) is 0 Å². The highest BCUT2D eigenvalue weighted by atomic mass is 16.5. The first-order valence-electron chi connectivity index (χ1n) is 10.7. The van der Waals surface area contributed by atoms with Gasteiger partial charge in [-0.1, -0.05) is 30.3 Å². The van der Waals surface area contributed by atoms with Crippen LogP contribution in [0.5, 0.6) is 0 Å². The number of carboxylic acids is 4. The van der Waals surface area contributed by atoms with E-state index in [4.69, 9.17) is 9.84 Å². The van der Waals surface area contributed by atoms with Gasteiger partial charge in [0.1, 0.15) is 0 Å². The average Bonchev–Trinajstić information content (AvgIpc) is 2.73. The lowest BCUT2D eigenvalue weighted by Crippen LogP contribution is -2.53. The molecule has 0 spiro atoms. The van der Waals surface area contributed by atoms with Crippen LogP contribution in [0, 0.1) is 0 Å². The van der Waals surface area contributed by atoms with Gasteiger partial charge in [-0.15, -0.1) is 0 Å². The Hall–Kier alpha value is -3.06. The maximum Gasteiger partial charge on any atom is 0.317 e. The fourth-order valence-electron chi connectivity index (χ4n) is 3.61. The van der Waals surface area contributed by atoms with Gasteiger partial charge in [0.2, 0.25) is 0 Å². The van der Waals surface area contributed by atoms with Gasteiger partial charge in [-0.25, -0.2) is 0 Å². The number of carbonyl (C=O) groups is 4. The van der Waals surface area contributed by atoms with Crippen LogP contribution < -0.4 is 0 Å². The molecule has 0 aliphatic heterocycles. The summed E-state index contributed by atoms with van der Waals surface area (Å²) in [6.07, 6.45) is -0.738. The highest BCUT2D eigenvalue weighted by Gasteiger charge is 2.34. The lowest BCUT2D eigenvalue weighted by molar-refractivity contribution is -0.146. The highest BCUT2D eigenvalue weighted by Crippen LogP contribution is 2.26. The molecule has 0 bridgehead atoms. The molecule has 0 aliphatic rings. The zero-order valence-corrected chi connectivity index (χ0v) is 19.4. The van der Waals surface area contributed by atoms with Crippen molar-refractivity contribution in [1.82, 2.24) is 14.7 Å². The Bertz CT molecular complexity index is 790. The first-order valence-corrected chi connectivity index (χ1v) is 10.7. The minimum absolute atomic E-state index is 0.0205. The van der Waals surface area contributed by atoms with Gasteiger partial charge < -0.3 is 25.2 Å². The number of hydrogen-bond acceptors (Lipinski definition) is 8. The van der Waals surface area contributed by atoms with E-state index in [1.807, 2.05) is 0 Å². The van der Waals surface area contributed by atoms with Gasteiger partial charge in [0, 0.05) is 26.2 Å². The van der Waals surface area contributed by atoms with Gasteiger partial charge in [0.25, 0.3) is 0 Å². The summed E-state index contributed by atoms with van der Waals surface area (Å²) in [5.41, 5.74) is 0.688. The van der Waals surface area contributed by atoms with Crippen LogP contribution in [-0.2, 0) is 23.9 Å². The molecule has 1 rings (SSSR count). The second kappa shape index (κ2) is 15.0. The SMILES string of the molecule is CCOC(c1ccccc1)[C@H](CN(CCN(C)CC(=O)O)CC(=O)O)N(CC(=O)O)CC(=O)O. The second-order valence-corrected chi connectivity index (χ2v) is 7.81. The van der Waals surface area contributed by atoms with Gasteiger partial charge in [0.05, 0.1) is 38.3 Å². The fourth-order valence-corrected chi connectivity index (χ4v) is 3.61. The van der Waals surface area contributed by atoms with Gasteiger partial charge in [-0.05, 0) is 19.5 Å². The average molecular weight is 484 g/mol. The van der Waals surface area contributed by atoms with E-state index in [1.165, 1.54) is 14.7 Å². The monoisotopic (exact) mass is 483 g/mol. The molecule has 12 nitrogen and oxygen atoms in total. The Kier molecular flexibility index (Phi) is 12.7. The second-order valence-electron chi connectivity index (χ2n) is 7.81. The lowest BCUT2D eigenvalue weighted by Gasteiger charge is -2.38. The number of aliphatic carboxylic acids is 4. The summed E-state index contributed by atoms with van der Waals surface area (Å²) in [5.74, 6) is -4.63. The summed E-state index contributed by atoms with van der Waals surface area (Å²) in [6.45, 7) is 0.557. The molecule has 12 heteroatoms. The summed E-state index contributed by atoms with van der Waals surface area (Å²) < 4.78 is 5.93. The lowest BCUT2D eigenvalue weighted by atomic mass is 9.99. The van der Waals surface area contributed by atoms with E-state index in [1.54, 1.807) is 44.3 Å². The first kappa shape index (κ1) is 29.0. The number of rotatable bonds is 18. The van der Waals surface area contributed by atoms with E-state index < -0.39 is 55.7 Å². The van der Waals surface area contributed by atoms with E-state index in [0.29, 0.717) is 5.56 Å². The molecule has 0 aromatic heterocycles. The third-order valence-electron chi connectivity index (χ3n) is 4.98. The van der Waals surface area contributed by atoms with Crippen LogP contribution in [0.15, 0.2) is 30.3 Å². The number of hydrogen-bond donors (Lipinski definition) is 4. The van der Waals surface area contributed by atoms with Crippen molar-refractivity contribution < 1.29 is 44.3 Å². The van der Waals surface area contributed by atoms with Crippen LogP contribution >= 0.6 is 0 Å². The quantitative estimate of drug-likeness (QED) is 0.221. The molecule has 1 aromatic carbocycles. The molecule has 4 N–H and O–H groups in total. The largest absolute Gasteiger partial charge is 0.480 e. The summed E-state index contributed by atoms with van der Waals surface area (Å²) >= 11 is 0. The zero-order valence-electron chi connectivity index (χ0n) is 19.4. The van der Waals surface area contributed by atoms with Crippen molar-refractivity contribution in [3.63, 3.8) is 0 Å². The maximum atomic E-state index is 11.5. The van der Waals surface area contributed by atoms with Crippen LogP contribution in [0.2, 0.25) is 0 Å². The summed E-state index contributed by atoms with van der Waals surface area (Å²) in [5, 5.41) is 37.2. The minimum Gasteiger partial charge on any atom is -0.480 e. The third kappa shape index (κ3) is 11.2. The van der Waals surface area contributed by atoms with Crippen LogP contribution in [-0.4, -0.2) is 125 Å². The first-order chi connectivity index (χ1) is 16.0. The Labute approximate surface area is 197 Å². The van der Waals surface area contributed by atoms with Crippen LogP contribution in [0.25, 0.3) is 0 Å². The molecule has 2 atom stereocenters. The van der Waals surface area contributed by atoms with Crippen LogP contribution in [0.3, 0.4) is 0 Å². The van der Waals surface area contributed by atoms with Crippen molar-refractivity contribution in [2.75, 3.05) is 59.5 Å². The van der Waals surface area contributed by atoms with Crippen molar-refractivity contribution in [3.8, 4) is 0 Å². The molecular formula is C22H33N3O9.